The first-order valence-corrected chi connectivity index (χ1v) is 6.02. The van der Waals surface area contributed by atoms with Crippen LogP contribution in [0.3, 0.4) is 0 Å². The summed E-state index contributed by atoms with van der Waals surface area (Å²) >= 11 is 0. The second kappa shape index (κ2) is 5.38. The molecule has 2 rings (SSSR count). The molecule has 104 valence electrons. The minimum atomic E-state index is -1.27. The van der Waals surface area contributed by atoms with Gasteiger partial charge in [-0.15, -0.1) is 0 Å². The van der Waals surface area contributed by atoms with Crippen molar-refractivity contribution in [3.63, 3.8) is 0 Å². The van der Waals surface area contributed by atoms with E-state index in [9.17, 15) is 13.6 Å². The first-order chi connectivity index (χ1) is 9.41. The van der Waals surface area contributed by atoms with Crippen LogP contribution in [0.2, 0.25) is 0 Å². The summed E-state index contributed by atoms with van der Waals surface area (Å²) in [5.41, 5.74) is 5.53. The van der Waals surface area contributed by atoms with Crippen molar-refractivity contribution in [2.24, 2.45) is 5.73 Å². The Hall–Kier alpha value is -2.27. The molecule has 0 radical (unpaired) electrons. The van der Waals surface area contributed by atoms with E-state index in [0.717, 1.165) is 12.1 Å². The Labute approximate surface area is 115 Å². The molecule has 20 heavy (non-hydrogen) atoms. The van der Waals surface area contributed by atoms with Crippen LogP contribution in [0, 0.1) is 11.6 Å². The minimum absolute atomic E-state index is 0.154. The van der Waals surface area contributed by atoms with Crippen LogP contribution in [0.4, 0.5) is 14.5 Å². The van der Waals surface area contributed by atoms with Crippen LogP contribution < -0.4 is 11.1 Å². The molecule has 0 aliphatic rings. The average Bonchev–Trinajstić information content (AvgIpc) is 2.44. The van der Waals surface area contributed by atoms with E-state index in [1.54, 1.807) is 31.2 Å². The third kappa shape index (κ3) is 2.83. The Bertz CT molecular complexity index is 627. The summed E-state index contributed by atoms with van der Waals surface area (Å²) in [5, 5.41) is 2.48. The molecule has 2 aromatic rings. The average molecular weight is 276 g/mol. The van der Waals surface area contributed by atoms with Gasteiger partial charge in [0.25, 0.3) is 0 Å². The van der Waals surface area contributed by atoms with Gasteiger partial charge in [-0.25, -0.2) is 8.78 Å². The van der Waals surface area contributed by atoms with Gasteiger partial charge in [0.1, 0.15) is 5.54 Å². The van der Waals surface area contributed by atoms with E-state index >= 15 is 0 Å². The van der Waals surface area contributed by atoms with E-state index < -0.39 is 23.1 Å². The highest BCUT2D eigenvalue weighted by molar-refractivity contribution is 5.98. The van der Waals surface area contributed by atoms with Crippen molar-refractivity contribution in [2.45, 2.75) is 12.5 Å². The Morgan fingerprint density at radius 2 is 1.75 bits per heavy atom. The van der Waals surface area contributed by atoms with E-state index in [0.29, 0.717) is 5.56 Å². The molecule has 0 saturated heterocycles. The molecule has 1 unspecified atom stereocenters. The second-order valence-electron chi connectivity index (χ2n) is 4.65. The molecule has 0 spiro atoms. The lowest BCUT2D eigenvalue weighted by atomic mass is 9.92. The molecule has 5 heteroatoms. The lowest BCUT2D eigenvalue weighted by Crippen LogP contribution is -2.45. The number of nitrogens with two attached hydrogens (primary N) is 1. The first kappa shape index (κ1) is 14.1. The summed E-state index contributed by atoms with van der Waals surface area (Å²) in [7, 11) is 0. The number of anilines is 1. The fraction of sp³-hybridized carbons (Fsp3) is 0.133. The summed E-state index contributed by atoms with van der Waals surface area (Å²) in [4.78, 5) is 12.2. The molecular formula is C15H14F2N2O. The highest BCUT2D eigenvalue weighted by Gasteiger charge is 2.30. The number of amides is 1. The molecule has 3 nitrogen and oxygen atoms in total. The number of carbonyl (C=O) groups excluding carboxylic acids is 1. The van der Waals surface area contributed by atoms with Crippen molar-refractivity contribution in [3.05, 3.63) is 65.7 Å². The molecule has 0 aromatic heterocycles. The SMILES string of the molecule is CC(N)(C(=O)Nc1ccc(F)c(F)c1)c1ccccc1. The van der Waals surface area contributed by atoms with Gasteiger partial charge in [-0.1, -0.05) is 30.3 Å². The van der Waals surface area contributed by atoms with Gasteiger partial charge in [-0.3, -0.25) is 4.79 Å². The van der Waals surface area contributed by atoms with Crippen molar-refractivity contribution in [2.75, 3.05) is 5.32 Å². The van der Waals surface area contributed by atoms with Gasteiger partial charge in [-0.05, 0) is 24.6 Å². The fourth-order valence-electron chi connectivity index (χ4n) is 1.75. The van der Waals surface area contributed by atoms with Crippen molar-refractivity contribution in [3.8, 4) is 0 Å². The van der Waals surface area contributed by atoms with Crippen LogP contribution in [0.25, 0.3) is 0 Å². The Kier molecular flexibility index (Phi) is 3.81. The van der Waals surface area contributed by atoms with E-state index in [1.165, 1.54) is 6.07 Å². The third-order valence-electron chi connectivity index (χ3n) is 3.02. The standard InChI is InChI=1S/C15H14F2N2O/c1-15(18,10-5-3-2-4-6-10)14(20)19-11-7-8-12(16)13(17)9-11/h2-9H,18H2,1H3,(H,19,20). The topological polar surface area (TPSA) is 55.1 Å². The molecule has 2 aromatic carbocycles. The number of rotatable bonds is 3. The van der Waals surface area contributed by atoms with Gasteiger partial charge in [0.15, 0.2) is 11.6 Å². The number of benzene rings is 2. The van der Waals surface area contributed by atoms with Gasteiger partial charge in [0.2, 0.25) is 5.91 Å². The summed E-state index contributed by atoms with van der Waals surface area (Å²) in [6.45, 7) is 1.55. The van der Waals surface area contributed by atoms with Gasteiger partial charge in [-0.2, -0.15) is 0 Å². The molecular weight excluding hydrogens is 262 g/mol. The maximum absolute atomic E-state index is 13.1. The third-order valence-corrected chi connectivity index (χ3v) is 3.02. The van der Waals surface area contributed by atoms with Crippen LogP contribution in [0.1, 0.15) is 12.5 Å². The van der Waals surface area contributed by atoms with E-state index in [2.05, 4.69) is 5.32 Å². The fourth-order valence-corrected chi connectivity index (χ4v) is 1.75. The summed E-state index contributed by atoms with van der Waals surface area (Å²) in [5.74, 6) is -2.50. The molecule has 0 saturated carbocycles. The maximum atomic E-state index is 13.1. The molecule has 0 aliphatic heterocycles. The first-order valence-electron chi connectivity index (χ1n) is 6.02. The summed E-state index contributed by atoms with van der Waals surface area (Å²) in [6.07, 6.45) is 0. The van der Waals surface area contributed by atoms with Crippen molar-refractivity contribution < 1.29 is 13.6 Å². The quantitative estimate of drug-likeness (QED) is 0.905. The summed E-state index contributed by atoms with van der Waals surface area (Å²) in [6, 6.07) is 11.9. The highest BCUT2D eigenvalue weighted by atomic mass is 19.2. The number of hydrogen-bond donors (Lipinski definition) is 2. The Morgan fingerprint density at radius 3 is 2.35 bits per heavy atom. The van der Waals surface area contributed by atoms with Crippen LogP contribution in [0.5, 0.6) is 0 Å². The van der Waals surface area contributed by atoms with Crippen LogP contribution >= 0.6 is 0 Å². The van der Waals surface area contributed by atoms with Gasteiger partial charge < -0.3 is 11.1 Å². The monoisotopic (exact) mass is 276 g/mol. The molecule has 1 amide bonds. The zero-order valence-corrected chi connectivity index (χ0v) is 10.9. The lowest BCUT2D eigenvalue weighted by molar-refractivity contribution is -0.120. The molecule has 0 heterocycles. The number of carbonyl (C=O) groups is 1. The van der Waals surface area contributed by atoms with Gasteiger partial charge >= 0.3 is 0 Å². The van der Waals surface area contributed by atoms with Gasteiger partial charge in [0.05, 0.1) is 0 Å². The van der Waals surface area contributed by atoms with Crippen molar-refractivity contribution >= 4 is 11.6 Å². The van der Waals surface area contributed by atoms with Crippen LogP contribution in [-0.4, -0.2) is 5.91 Å². The van der Waals surface area contributed by atoms with Gasteiger partial charge in [0, 0.05) is 11.8 Å². The smallest absolute Gasteiger partial charge is 0.248 e. The predicted octanol–water partition coefficient (Wildman–Crippen LogP) is 2.78. The molecule has 0 bridgehead atoms. The highest BCUT2D eigenvalue weighted by Crippen LogP contribution is 2.20. The van der Waals surface area contributed by atoms with Crippen LogP contribution in [0.15, 0.2) is 48.5 Å². The number of halogens is 2. The van der Waals surface area contributed by atoms with Crippen LogP contribution in [-0.2, 0) is 10.3 Å². The van der Waals surface area contributed by atoms with E-state index in [-0.39, 0.29) is 5.69 Å². The zero-order valence-electron chi connectivity index (χ0n) is 10.9. The molecule has 0 fully saturated rings. The van der Waals surface area contributed by atoms with E-state index in [4.69, 9.17) is 5.73 Å². The Balaban J connectivity index is 2.21. The summed E-state index contributed by atoms with van der Waals surface area (Å²) < 4.78 is 25.9. The Morgan fingerprint density at radius 1 is 1.10 bits per heavy atom. The van der Waals surface area contributed by atoms with E-state index in [1.807, 2.05) is 6.07 Å². The normalized spacial score (nSPS) is 13.6. The molecule has 0 aliphatic carbocycles. The lowest BCUT2D eigenvalue weighted by Gasteiger charge is -2.24. The maximum Gasteiger partial charge on any atom is 0.248 e. The van der Waals surface area contributed by atoms with Crippen molar-refractivity contribution in [1.29, 1.82) is 0 Å². The predicted molar refractivity (Wildman–Crippen MR) is 73.0 cm³/mol. The number of hydrogen-bond acceptors (Lipinski definition) is 2. The second-order valence-corrected chi connectivity index (χ2v) is 4.65. The van der Waals surface area contributed by atoms with Crippen molar-refractivity contribution in [1.82, 2.24) is 0 Å². The largest absolute Gasteiger partial charge is 0.324 e. The number of nitrogens with one attached hydrogen (secondary N) is 1. The molecule has 1 atom stereocenters. The molecule has 3 N–H and O–H groups in total. The zero-order chi connectivity index (χ0) is 14.8. The minimum Gasteiger partial charge on any atom is -0.324 e.